The number of halogens is 3. The van der Waals surface area contributed by atoms with Crippen molar-refractivity contribution in [1.29, 1.82) is 0 Å². The lowest BCUT2D eigenvalue weighted by atomic mass is 9.78. The zero-order valence-electron chi connectivity index (χ0n) is 28.6. The number of ether oxygens (including phenoxy) is 1. The van der Waals surface area contributed by atoms with Gasteiger partial charge in [0.05, 0.1) is 17.8 Å². The number of carbonyl (C=O) groups is 1. The summed E-state index contributed by atoms with van der Waals surface area (Å²) in [6, 6.07) is 13.7. The summed E-state index contributed by atoms with van der Waals surface area (Å²) in [5.74, 6) is 1.01. The number of rotatable bonds is 8. The van der Waals surface area contributed by atoms with Crippen molar-refractivity contribution in [3.8, 4) is 16.9 Å². The first kappa shape index (κ1) is 34.3. The number of nitrogens with zero attached hydrogens (tertiary/aromatic N) is 3. The van der Waals surface area contributed by atoms with Crippen molar-refractivity contribution in [2.45, 2.75) is 51.1 Å². The van der Waals surface area contributed by atoms with Crippen LogP contribution in [-0.4, -0.2) is 61.2 Å². The van der Waals surface area contributed by atoms with E-state index in [9.17, 15) is 14.0 Å². The Labute approximate surface area is 296 Å². The Hall–Kier alpha value is -4.15. The van der Waals surface area contributed by atoms with E-state index in [0.717, 1.165) is 74.7 Å². The van der Waals surface area contributed by atoms with Crippen LogP contribution in [0.5, 0.6) is 5.75 Å². The first-order chi connectivity index (χ1) is 24.2. The molecule has 8 nitrogen and oxygen atoms in total. The third-order valence-corrected chi connectivity index (χ3v) is 11.3. The van der Waals surface area contributed by atoms with Crippen LogP contribution in [0.2, 0.25) is 5.02 Å². The van der Waals surface area contributed by atoms with Gasteiger partial charge in [0.25, 0.3) is 5.56 Å². The molecule has 0 spiro atoms. The number of likely N-dealkylation sites (tertiary alicyclic amines) is 1. The molecule has 11 heteroatoms. The monoisotopic (exact) mass is 703 g/mol. The standard InChI is InChI=1S/C39H44ClF2N5O3/c1-45-22-32(31-19-27(41)3-6-30(31)39(45)49)26-17-35(42)33(37(18-26)50-2)23-46-13-9-24(10-14-46)25-11-15-47(16-12-25)36-7-4-28(20-34(36)40)44-29-5-8-38(48)43-21-29/h3-4,6-7,17-20,22,24-25,29,44H,5,8-16,21,23H2,1-2H3,(H,43,48). The summed E-state index contributed by atoms with van der Waals surface area (Å²) >= 11 is 6.77. The average molecular weight is 704 g/mol. The van der Waals surface area contributed by atoms with E-state index in [1.807, 2.05) is 6.07 Å². The summed E-state index contributed by atoms with van der Waals surface area (Å²) in [5.41, 5.74) is 3.42. The predicted octanol–water partition coefficient (Wildman–Crippen LogP) is 6.96. The van der Waals surface area contributed by atoms with E-state index in [1.54, 1.807) is 19.3 Å². The average Bonchev–Trinajstić information content (AvgIpc) is 3.12. The molecule has 50 heavy (non-hydrogen) atoms. The third-order valence-electron chi connectivity index (χ3n) is 11.0. The van der Waals surface area contributed by atoms with Gasteiger partial charge in [-0.15, -0.1) is 0 Å². The molecule has 3 aliphatic heterocycles. The van der Waals surface area contributed by atoms with Crippen LogP contribution in [0.15, 0.2) is 59.5 Å². The molecule has 0 radical (unpaired) electrons. The molecule has 2 N–H and O–H groups in total. The van der Waals surface area contributed by atoms with Crippen molar-refractivity contribution in [3.63, 3.8) is 0 Å². The summed E-state index contributed by atoms with van der Waals surface area (Å²) in [6.45, 7) is 4.80. The summed E-state index contributed by atoms with van der Waals surface area (Å²) in [4.78, 5) is 28.9. The maximum atomic E-state index is 15.8. The number of benzene rings is 3. The van der Waals surface area contributed by atoms with Crippen LogP contribution >= 0.6 is 11.6 Å². The Morgan fingerprint density at radius 2 is 1.66 bits per heavy atom. The van der Waals surface area contributed by atoms with Gasteiger partial charge in [-0.3, -0.25) is 14.5 Å². The maximum Gasteiger partial charge on any atom is 0.258 e. The Bertz CT molecular complexity index is 1940. The largest absolute Gasteiger partial charge is 0.496 e. The van der Waals surface area contributed by atoms with E-state index in [4.69, 9.17) is 16.3 Å². The van der Waals surface area contributed by atoms with Crippen LogP contribution in [-0.2, 0) is 18.4 Å². The third kappa shape index (κ3) is 7.19. The second-order valence-corrected chi connectivity index (χ2v) is 14.5. The number of pyridine rings is 1. The molecular weight excluding hydrogens is 660 g/mol. The number of hydrogen-bond acceptors (Lipinski definition) is 6. The zero-order valence-corrected chi connectivity index (χ0v) is 29.4. The lowest BCUT2D eigenvalue weighted by Crippen LogP contribution is -2.42. The molecule has 0 bridgehead atoms. The number of anilines is 2. The van der Waals surface area contributed by atoms with E-state index in [0.29, 0.717) is 64.6 Å². The molecule has 264 valence electrons. The van der Waals surface area contributed by atoms with Crippen LogP contribution in [0.4, 0.5) is 20.2 Å². The van der Waals surface area contributed by atoms with Gasteiger partial charge in [0, 0.05) is 74.1 Å². The molecule has 3 aromatic carbocycles. The van der Waals surface area contributed by atoms with Crippen LogP contribution < -0.4 is 25.8 Å². The summed E-state index contributed by atoms with van der Waals surface area (Å²) in [7, 11) is 3.18. The zero-order chi connectivity index (χ0) is 34.9. The van der Waals surface area contributed by atoms with Gasteiger partial charge in [-0.25, -0.2) is 8.78 Å². The fourth-order valence-corrected chi connectivity index (χ4v) is 8.43. The highest BCUT2D eigenvalue weighted by Crippen LogP contribution is 2.38. The van der Waals surface area contributed by atoms with Crippen LogP contribution in [0.25, 0.3) is 21.9 Å². The lowest BCUT2D eigenvalue weighted by Gasteiger charge is -2.41. The Kier molecular flexibility index (Phi) is 10.0. The predicted molar refractivity (Wildman–Crippen MR) is 195 cm³/mol. The minimum Gasteiger partial charge on any atom is -0.496 e. The molecule has 1 unspecified atom stereocenters. The highest BCUT2D eigenvalue weighted by Gasteiger charge is 2.31. The van der Waals surface area contributed by atoms with Crippen LogP contribution in [0, 0.1) is 23.5 Å². The highest BCUT2D eigenvalue weighted by molar-refractivity contribution is 6.33. The van der Waals surface area contributed by atoms with Gasteiger partial charge < -0.3 is 24.8 Å². The van der Waals surface area contributed by atoms with Crippen molar-refractivity contribution in [2.75, 3.05) is 50.1 Å². The van der Waals surface area contributed by atoms with Crippen LogP contribution in [0.1, 0.15) is 44.1 Å². The minimum atomic E-state index is -0.457. The Balaban J connectivity index is 0.949. The van der Waals surface area contributed by atoms with Crippen molar-refractivity contribution < 1.29 is 18.3 Å². The number of piperidine rings is 3. The first-order valence-electron chi connectivity index (χ1n) is 17.6. The molecule has 3 aliphatic rings. The topological polar surface area (TPSA) is 78.8 Å². The Morgan fingerprint density at radius 3 is 2.34 bits per heavy atom. The molecule has 3 fully saturated rings. The number of nitrogens with one attached hydrogen (secondary N) is 2. The van der Waals surface area contributed by atoms with Crippen LogP contribution in [0.3, 0.4) is 0 Å². The highest BCUT2D eigenvalue weighted by atomic mass is 35.5. The van der Waals surface area contributed by atoms with Crippen molar-refractivity contribution in [3.05, 3.63) is 87.3 Å². The minimum absolute atomic E-state index is 0.110. The molecule has 3 saturated heterocycles. The number of aryl methyl sites for hydroxylation is 1. The second-order valence-electron chi connectivity index (χ2n) is 14.1. The smallest absolute Gasteiger partial charge is 0.258 e. The fourth-order valence-electron chi connectivity index (χ4n) is 8.13. The van der Waals surface area contributed by atoms with Gasteiger partial charge in [0.15, 0.2) is 0 Å². The fraction of sp³-hybridized carbons (Fsp3) is 0.436. The SMILES string of the molecule is COc1cc(-c2cn(C)c(=O)c3ccc(F)cc23)cc(F)c1CN1CCC(C2CCN(c3ccc(NC4CCC(=O)NC4)cc3Cl)CC2)CC1. The van der Waals surface area contributed by atoms with E-state index < -0.39 is 5.82 Å². The molecule has 7 rings (SSSR count). The van der Waals surface area contributed by atoms with Gasteiger partial charge in [0.2, 0.25) is 5.91 Å². The van der Waals surface area contributed by atoms with Crippen molar-refractivity contribution in [2.24, 2.45) is 18.9 Å². The lowest BCUT2D eigenvalue weighted by molar-refractivity contribution is -0.122. The van der Waals surface area contributed by atoms with Crippen molar-refractivity contribution in [1.82, 2.24) is 14.8 Å². The molecule has 0 aliphatic carbocycles. The van der Waals surface area contributed by atoms with Gasteiger partial charge in [-0.1, -0.05) is 11.6 Å². The molecular formula is C39H44ClF2N5O3. The van der Waals surface area contributed by atoms with Gasteiger partial charge in [-0.05, 0) is 117 Å². The van der Waals surface area contributed by atoms with E-state index >= 15 is 4.39 Å². The first-order valence-corrected chi connectivity index (χ1v) is 18.0. The summed E-state index contributed by atoms with van der Waals surface area (Å²) in [5, 5.41) is 7.98. The van der Waals surface area contributed by atoms with E-state index in [1.165, 1.54) is 35.9 Å². The second kappa shape index (κ2) is 14.6. The number of hydrogen-bond donors (Lipinski definition) is 2. The molecule has 1 aromatic heterocycles. The Morgan fingerprint density at radius 1 is 0.920 bits per heavy atom. The van der Waals surface area contributed by atoms with Crippen molar-refractivity contribution >= 4 is 39.7 Å². The molecule has 1 amide bonds. The number of aromatic nitrogens is 1. The number of methoxy groups -OCH3 is 1. The number of fused-ring (bicyclic) bond motifs is 1. The maximum absolute atomic E-state index is 15.8. The van der Waals surface area contributed by atoms with E-state index in [-0.39, 0.29) is 23.3 Å². The molecule has 1 atom stereocenters. The quantitative estimate of drug-likeness (QED) is 0.207. The normalized spacial score (nSPS) is 19.5. The van der Waals surface area contributed by atoms with E-state index in [2.05, 4.69) is 32.6 Å². The molecule has 0 saturated carbocycles. The summed E-state index contributed by atoms with van der Waals surface area (Å²) < 4.78 is 37.2. The molecule has 4 heterocycles. The number of amides is 1. The molecule has 4 aromatic rings. The summed E-state index contributed by atoms with van der Waals surface area (Å²) in [6.07, 6.45) is 7.37. The van der Waals surface area contributed by atoms with Gasteiger partial charge in [-0.2, -0.15) is 0 Å². The van der Waals surface area contributed by atoms with Gasteiger partial charge in [0.1, 0.15) is 17.4 Å². The van der Waals surface area contributed by atoms with Gasteiger partial charge >= 0.3 is 0 Å². The number of carbonyl (C=O) groups excluding carboxylic acids is 1.